The number of hydrogen-bond donors (Lipinski definition) is 1. The van der Waals surface area contributed by atoms with Crippen molar-refractivity contribution in [1.82, 2.24) is 5.43 Å². The van der Waals surface area contributed by atoms with Crippen molar-refractivity contribution in [3.63, 3.8) is 0 Å². The number of amides is 1. The fraction of sp³-hybridized carbons (Fsp3) is 0.125. The Bertz CT molecular complexity index is 1150. The van der Waals surface area contributed by atoms with Crippen molar-refractivity contribution in [2.75, 3.05) is 21.3 Å². The molecular formula is C24H21ClN2O6. The van der Waals surface area contributed by atoms with Gasteiger partial charge in [-0.1, -0.05) is 23.7 Å². The van der Waals surface area contributed by atoms with E-state index in [1.807, 2.05) is 0 Å². The van der Waals surface area contributed by atoms with Crippen LogP contribution in [0.2, 0.25) is 5.02 Å². The molecule has 0 radical (unpaired) electrons. The maximum Gasteiger partial charge on any atom is 0.343 e. The van der Waals surface area contributed by atoms with E-state index in [4.69, 9.17) is 30.5 Å². The summed E-state index contributed by atoms with van der Waals surface area (Å²) in [7, 11) is 4.40. The van der Waals surface area contributed by atoms with Gasteiger partial charge in [0.05, 0.1) is 33.1 Å². The van der Waals surface area contributed by atoms with Crippen LogP contribution in [-0.4, -0.2) is 39.4 Å². The number of carbonyl (C=O) groups is 2. The molecule has 1 N–H and O–H groups in total. The van der Waals surface area contributed by atoms with Crippen LogP contribution in [-0.2, 0) is 0 Å². The number of nitrogens with one attached hydrogen (secondary N) is 1. The highest BCUT2D eigenvalue weighted by molar-refractivity contribution is 6.30. The molecule has 0 aromatic heterocycles. The van der Waals surface area contributed by atoms with Crippen molar-refractivity contribution in [3.8, 4) is 23.0 Å². The van der Waals surface area contributed by atoms with Gasteiger partial charge in [0.25, 0.3) is 5.91 Å². The van der Waals surface area contributed by atoms with Crippen LogP contribution in [0.3, 0.4) is 0 Å². The maximum atomic E-state index is 12.5. The topological polar surface area (TPSA) is 95.5 Å². The quantitative estimate of drug-likeness (QED) is 0.228. The number of esters is 1. The highest BCUT2D eigenvalue weighted by Crippen LogP contribution is 2.38. The molecule has 0 aliphatic carbocycles. The monoisotopic (exact) mass is 468 g/mol. The third-order valence-corrected chi connectivity index (χ3v) is 4.71. The predicted octanol–water partition coefficient (Wildman–Crippen LogP) is 4.35. The Labute approximate surface area is 195 Å². The molecule has 0 bridgehead atoms. The molecule has 9 heteroatoms. The molecule has 0 unspecified atom stereocenters. The second-order valence-corrected chi connectivity index (χ2v) is 7.02. The minimum atomic E-state index is -0.517. The Morgan fingerprint density at radius 3 is 2.15 bits per heavy atom. The average Bonchev–Trinajstić information content (AvgIpc) is 2.83. The van der Waals surface area contributed by atoms with Gasteiger partial charge in [0.1, 0.15) is 5.75 Å². The molecule has 3 aromatic carbocycles. The summed E-state index contributed by atoms with van der Waals surface area (Å²) >= 11 is 5.84. The number of hydrogen-bond acceptors (Lipinski definition) is 7. The first kappa shape index (κ1) is 23.6. The number of rotatable bonds is 8. The normalized spacial score (nSPS) is 10.5. The number of halogens is 1. The number of methoxy groups -OCH3 is 3. The summed E-state index contributed by atoms with van der Waals surface area (Å²) in [6.07, 6.45) is 1.43. The van der Waals surface area contributed by atoms with Gasteiger partial charge < -0.3 is 18.9 Å². The maximum absolute atomic E-state index is 12.5. The molecule has 33 heavy (non-hydrogen) atoms. The lowest BCUT2D eigenvalue weighted by atomic mass is 10.1. The molecule has 0 aliphatic rings. The Balaban J connectivity index is 1.67. The molecule has 3 rings (SSSR count). The third kappa shape index (κ3) is 6.02. The van der Waals surface area contributed by atoms with Crippen LogP contribution >= 0.6 is 11.6 Å². The summed E-state index contributed by atoms with van der Waals surface area (Å²) in [5.74, 6) is 0.412. The fourth-order valence-corrected chi connectivity index (χ4v) is 2.98. The number of nitrogens with zero attached hydrogens (tertiary/aromatic N) is 1. The van der Waals surface area contributed by atoms with E-state index in [1.54, 1.807) is 48.5 Å². The highest BCUT2D eigenvalue weighted by atomic mass is 35.5. The van der Waals surface area contributed by atoms with Gasteiger partial charge in [-0.15, -0.1) is 0 Å². The summed E-state index contributed by atoms with van der Waals surface area (Å²) < 4.78 is 21.1. The molecule has 0 heterocycles. The first-order chi connectivity index (χ1) is 15.9. The Morgan fingerprint density at radius 2 is 1.55 bits per heavy atom. The van der Waals surface area contributed by atoms with E-state index in [0.717, 1.165) is 0 Å². The van der Waals surface area contributed by atoms with Crippen molar-refractivity contribution in [2.45, 2.75) is 0 Å². The van der Waals surface area contributed by atoms with E-state index in [1.165, 1.54) is 39.7 Å². The van der Waals surface area contributed by atoms with E-state index >= 15 is 0 Å². The van der Waals surface area contributed by atoms with Crippen LogP contribution in [0, 0.1) is 0 Å². The summed E-state index contributed by atoms with van der Waals surface area (Å²) in [5.41, 5.74) is 3.69. The third-order valence-electron chi connectivity index (χ3n) is 4.46. The lowest BCUT2D eigenvalue weighted by Gasteiger charge is -2.13. The van der Waals surface area contributed by atoms with Crippen LogP contribution < -0.4 is 24.4 Å². The van der Waals surface area contributed by atoms with E-state index in [9.17, 15) is 9.59 Å². The number of carbonyl (C=O) groups excluding carboxylic acids is 2. The van der Waals surface area contributed by atoms with Crippen LogP contribution in [0.1, 0.15) is 26.3 Å². The Morgan fingerprint density at radius 1 is 0.879 bits per heavy atom. The van der Waals surface area contributed by atoms with Crippen LogP contribution in [0.15, 0.2) is 65.8 Å². The second kappa shape index (κ2) is 11.0. The van der Waals surface area contributed by atoms with Crippen molar-refractivity contribution >= 4 is 29.7 Å². The van der Waals surface area contributed by atoms with Crippen molar-refractivity contribution in [1.29, 1.82) is 0 Å². The van der Waals surface area contributed by atoms with E-state index in [0.29, 0.717) is 39.1 Å². The highest BCUT2D eigenvalue weighted by Gasteiger charge is 2.16. The molecule has 8 nitrogen and oxygen atoms in total. The first-order valence-electron chi connectivity index (χ1n) is 9.66. The van der Waals surface area contributed by atoms with Gasteiger partial charge in [0.2, 0.25) is 5.75 Å². The SMILES string of the molecule is COc1cc(C(=O)N/N=C/c2cccc(OC(=O)c3ccc(Cl)cc3)c2)cc(OC)c1OC. The van der Waals surface area contributed by atoms with Gasteiger partial charge in [-0.25, -0.2) is 10.2 Å². The minimum absolute atomic E-state index is 0.271. The lowest BCUT2D eigenvalue weighted by Crippen LogP contribution is -2.18. The second-order valence-electron chi connectivity index (χ2n) is 6.58. The predicted molar refractivity (Wildman–Crippen MR) is 124 cm³/mol. The number of benzene rings is 3. The van der Waals surface area contributed by atoms with Crippen molar-refractivity contribution in [2.24, 2.45) is 5.10 Å². The standard InChI is InChI=1S/C24H21ClN2O6/c1-30-20-12-17(13-21(31-2)22(20)32-3)23(28)27-26-14-15-5-4-6-19(11-15)33-24(29)16-7-9-18(25)10-8-16/h4-14H,1-3H3,(H,27,28)/b26-14+. The number of hydrazone groups is 1. The molecule has 0 spiro atoms. The molecule has 0 saturated heterocycles. The average molecular weight is 469 g/mol. The van der Waals surface area contributed by atoms with Gasteiger partial charge in [-0.05, 0) is 54.1 Å². The van der Waals surface area contributed by atoms with E-state index < -0.39 is 11.9 Å². The minimum Gasteiger partial charge on any atom is -0.493 e. The molecular weight excluding hydrogens is 448 g/mol. The first-order valence-corrected chi connectivity index (χ1v) is 10.0. The van der Waals surface area contributed by atoms with Crippen molar-refractivity contribution in [3.05, 3.63) is 82.4 Å². The Kier molecular flexibility index (Phi) is 7.88. The largest absolute Gasteiger partial charge is 0.493 e. The van der Waals surface area contributed by atoms with Crippen LogP contribution in [0.5, 0.6) is 23.0 Å². The summed E-state index contributed by atoms with van der Waals surface area (Å²) in [5, 5.41) is 4.49. The van der Waals surface area contributed by atoms with Gasteiger partial charge in [-0.2, -0.15) is 5.10 Å². The molecule has 0 atom stereocenters. The van der Waals surface area contributed by atoms with Crippen LogP contribution in [0.25, 0.3) is 0 Å². The van der Waals surface area contributed by atoms with Gasteiger partial charge in [0, 0.05) is 10.6 Å². The molecule has 3 aromatic rings. The lowest BCUT2D eigenvalue weighted by molar-refractivity contribution is 0.0734. The summed E-state index contributed by atoms with van der Waals surface area (Å²) in [6, 6.07) is 16.1. The zero-order valence-corrected chi connectivity index (χ0v) is 18.9. The smallest absolute Gasteiger partial charge is 0.343 e. The van der Waals surface area contributed by atoms with E-state index in [2.05, 4.69) is 10.5 Å². The van der Waals surface area contributed by atoms with Gasteiger partial charge in [0.15, 0.2) is 11.5 Å². The van der Waals surface area contributed by atoms with E-state index in [-0.39, 0.29) is 5.56 Å². The summed E-state index contributed by atoms with van der Waals surface area (Å²) in [6.45, 7) is 0. The molecule has 170 valence electrons. The molecule has 0 saturated carbocycles. The van der Waals surface area contributed by atoms with Crippen LogP contribution in [0.4, 0.5) is 0 Å². The number of ether oxygens (including phenoxy) is 4. The Hall–Kier alpha value is -4.04. The van der Waals surface area contributed by atoms with Gasteiger partial charge >= 0.3 is 5.97 Å². The summed E-state index contributed by atoms with van der Waals surface area (Å²) in [4.78, 5) is 24.8. The molecule has 1 amide bonds. The molecule has 0 fully saturated rings. The van der Waals surface area contributed by atoms with Gasteiger partial charge in [-0.3, -0.25) is 4.79 Å². The fourth-order valence-electron chi connectivity index (χ4n) is 2.85. The molecule has 0 aliphatic heterocycles. The zero-order valence-electron chi connectivity index (χ0n) is 18.1. The van der Waals surface area contributed by atoms with Crippen molar-refractivity contribution < 1.29 is 28.5 Å². The zero-order chi connectivity index (χ0) is 23.8.